The average Bonchev–Trinajstić information content (AvgIpc) is 2.27. The van der Waals surface area contributed by atoms with Crippen molar-refractivity contribution >= 4 is 10.0 Å². The average molecular weight is 237 g/mol. The summed E-state index contributed by atoms with van der Waals surface area (Å²) < 4.78 is 31.3. The Kier molecular flexibility index (Phi) is 4.98. The van der Waals surface area contributed by atoms with E-state index in [1.807, 2.05) is 6.92 Å². The van der Waals surface area contributed by atoms with Crippen LogP contribution in [-0.4, -0.2) is 44.6 Å². The van der Waals surface area contributed by atoms with Crippen LogP contribution in [-0.2, 0) is 14.8 Å². The maximum Gasteiger partial charge on any atom is 0.214 e. The summed E-state index contributed by atoms with van der Waals surface area (Å²) >= 11 is 0. The summed E-state index contributed by atoms with van der Waals surface area (Å²) in [5, 5.41) is 8.57. The molecule has 2 N–H and O–H groups in total. The van der Waals surface area contributed by atoms with Crippen molar-refractivity contribution in [3.05, 3.63) is 0 Å². The lowest BCUT2D eigenvalue weighted by atomic mass is 10.2. The SMILES string of the molecule is CC[C@@H](CO)NS(=O)(=O)C1CCOCC1. The Morgan fingerprint density at radius 2 is 2.07 bits per heavy atom. The smallest absolute Gasteiger partial charge is 0.214 e. The first-order valence-corrected chi connectivity index (χ1v) is 6.84. The maximum atomic E-state index is 11.8. The van der Waals surface area contributed by atoms with Gasteiger partial charge in [0.25, 0.3) is 0 Å². The van der Waals surface area contributed by atoms with Crippen LogP contribution in [0.25, 0.3) is 0 Å². The van der Waals surface area contributed by atoms with E-state index in [0.29, 0.717) is 32.5 Å². The Bertz CT molecular complexity index is 268. The fourth-order valence-electron chi connectivity index (χ4n) is 1.56. The summed E-state index contributed by atoms with van der Waals surface area (Å²) in [6.45, 7) is 2.69. The van der Waals surface area contributed by atoms with E-state index in [-0.39, 0.29) is 17.9 Å². The van der Waals surface area contributed by atoms with Crippen molar-refractivity contribution in [3.63, 3.8) is 0 Å². The maximum absolute atomic E-state index is 11.8. The summed E-state index contributed by atoms with van der Waals surface area (Å²) in [5.74, 6) is 0. The molecular weight excluding hydrogens is 218 g/mol. The van der Waals surface area contributed by atoms with Gasteiger partial charge in [0.15, 0.2) is 0 Å². The van der Waals surface area contributed by atoms with Crippen LogP contribution in [0, 0.1) is 0 Å². The van der Waals surface area contributed by atoms with Crippen molar-refractivity contribution < 1.29 is 18.3 Å². The highest BCUT2D eigenvalue weighted by molar-refractivity contribution is 7.90. The Labute approximate surface area is 90.9 Å². The Balaban J connectivity index is 2.56. The molecule has 0 aromatic carbocycles. The minimum absolute atomic E-state index is 0.154. The molecular formula is C9H19NO4S. The molecule has 6 heteroatoms. The van der Waals surface area contributed by atoms with Crippen molar-refractivity contribution in [1.29, 1.82) is 0 Å². The number of hydrogen-bond donors (Lipinski definition) is 2. The second-order valence-electron chi connectivity index (χ2n) is 3.76. The highest BCUT2D eigenvalue weighted by Crippen LogP contribution is 2.15. The van der Waals surface area contributed by atoms with Gasteiger partial charge in [-0.3, -0.25) is 0 Å². The molecule has 1 aliphatic heterocycles. The first kappa shape index (κ1) is 12.9. The second-order valence-corrected chi connectivity index (χ2v) is 5.75. The standard InChI is InChI=1S/C9H19NO4S/c1-2-8(7-11)10-15(12,13)9-3-5-14-6-4-9/h8-11H,2-7H2,1H3/t8-/m0/s1. The van der Waals surface area contributed by atoms with Gasteiger partial charge in [0.2, 0.25) is 10.0 Å². The lowest BCUT2D eigenvalue weighted by Crippen LogP contribution is -2.44. The molecule has 0 aliphatic carbocycles. The van der Waals surface area contributed by atoms with E-state index in [1.165, 1.54) is 0 Å². The van der Waals surface area contributed by atoms with Gasteiger partial charge >= 0.3 is 0 Å². The molecule has 0 aromatic heterocycles. The number of aliphatic hydroxyl groups is 1. The van der Waals surface area contributed by atoms with Crippen molar-refractivity contribution in [1.82, 2.24) is 4.72 Å². The van der Waals surface area contributed by atoms with Crippen LogP contribution >= 0.6 is 0 Å². The van der Waals surface area contributed by atoms with Gasteiger partial charge in [0, 0.05) is 19.3 Å². The van der Waals surface area contributed by atoms with Crippen molar-refractivity contribution in [2.75, 3.05) is 19.8 Å². The van der Waals surface area contributed by atoms with Gasteiger partial charge in [0.1, 0.15) is 0 Å². The van der Waals surface area contributed by atoms with Gasteiger partial charge < -0.3 is 9.84 Å². The largest absolute Gasteiger partial charge is 0.395 e. The highest BCUT2D eigenvalue weighted by Gasteiger charge is 2.29. The Morgan fingerprint density at radius 1 is 1.47 bits per heavy atom. The first-order chi connectivity index (χ1) is 7.10. The molecule has 1 rings (SSSR count). The molecule has 0 amide bonds. The summed E-state index contributed by atoms with van der Waals surface area (Å²) in [6.07, 6.45) is 1.67. The normalized spacial score (nSPS) is 21.5. The number of sulfonamides is 1. The molecule has 15 heavy (non-hydrogen) atoms. The molecule has 1 aliphatic rings. The first-order valence-electron chi connectivity index (χ1n) is 5.30. The van der Waals surface area contributed by atoms with Crippen LogP contribution in [0.15, 0.2) is 0 Å². The fourth-order valence-corrected chi connectivity index (χ4v) is 3.28. The lowest BCUT2D eigenvalue weighted by Gasteiger charge is -2.24. The molecule has 0 unspecified atom stereocenters. The van der Waals surface area contributed by atoms with Crippen molar-refractivity contribution in [2.45, 2.75) is 37.5 Å². The molecule has 0 aromatic rings. The van der Waals surface area contributed by atoms with Crippen LogP contribution in [0.5, 0.6) is 0 Å². The van der Waals surface area contributed by atoms with Crippen LogP contribution < -0.4 is 4.72 Å². The molecule has 0 spiro atoms. The summed E-state index contributed by atoms with van der Waals surface area (Å²) in [6, 6.07) is -0.363. The van der Waals surface area contributed by atoms with Gasteiger partial charge in [-0.2, -0.15) is 0 Å². The van der Waals surface area contributed by atoms with E-state index in [9.17, 15) is 8.42 Å². The minimum atomic E-state index is -3.30. The molecule has 0 saturated carbocycles. The van der Waals surface area contributed by atoms with Crippen molar-refractivity contribution in [2.24, 2.45) is 0 Å². The topological polar surface area (TPSA) is 75.6 Å². The zero-order valence-corrected chi connectivity index (χ0v) is 9.79. The quantitative estimate of drug-likeness (QED) is 0.697. The van der Waals surface area contributed by atoms with Gasteiger partial charge in [-0.15, -0.1) is 0 Å². The second kappa shape index (κ2) is 5.79. The molecule has 90 valence electrons. The van der Waals surface area contributed by atoms with Crippen LogP contribution in [0.3, 0.4) is 0 Å². The van der Waals surface area contributed by atoms with E-state index in [4.69, 9.17) is 9.84 Å². The summed E-state index contributed by atoms with van der Waals surface area (Å²) in [4.78, 5) is 0. The monoisotopic (exact) mass is 237 g/mol. The van der Waals surface area contributed by atoms with Gasteiger partial charge in [-0.05, 0) is 19.3 Å². The lowest BCUT2D eigenvalue weighted by molar-refractivity contribution is 0.0980. The molecule has 1 heterocycles. The zero-order valence-electron chi connectivity index (χ0n) is 8.98. The third-order valence-corrected chi connectivity index (χ3v) is 4.66. The highest BCUT2D eigenvalue weighted by atomic mass is 32.2. The predicted octanol–water partition coefficient (Wildman–Crippen LogP) is -0.144. The fraction of sp³-hybridized carbons (Fsp3) is 1.00. The number of hydrogen-bond acceptors (Lipinski definition) is 4. The number of aliphatic hydroxyl groups excluding tert-OH is 1. The van der Waals surface area contributed by atoms with Gasteiger partial charge in [-0.25, -0.2) is 13.1 Å². The van der Waals surface area contributed by atoms with Gasteiger partial charge in [-0.1, -0.05) is 6.92 Å². The molecule has 1 fully saturated rings. The number of rotatable bonds is 5. The van der Waals surface area contributed by atoms with Crippen LogP contribution in [0.4, 0.5) is 0 Å². The molecule has 1 atom stereocenters. The number of ether oxygens (including phenoxy) is 1. The summed E-state index contributed by atoms with van der Waals surface area (Å²) in [5.41, 5.74) is 0. The van der Waals surface area contributed by atoms with E-state index in [1.54, 1.807) is 0 Å². The predicted molar refractivity (Wildman–Crippen MR) is 57.1 cm³/mol. The Morgan fingerprint density at radius 3 is 2.53 bits per heavy atom. The third kappa shape index (κ3) is 3.71. The minimum Gasteiger partial charge on any atom is -0.395 e. The summed E-state index contributed by atoms with van der Waals surface area (Å²) in [7, 11) is -3.30. The molecule has 0 bridgehead atoms. The van der Waals surface area contributed by atoms with Crippen LogP contribution in [0.2, 0.25) is 0 Å². The van der Waals surface area contributed by atoms with Crippen molar-refractivity contribution in [3.8, 4) is 0 Å². The molecule has 5 nitrogen and oxygen atoms in total. The van der Waals surface area contributed by atoms with Gasteiger partial charge in [0.05, 0.1) is 11.9 Å². The number of nitrogens with one attached hydrogen (secondary N) is 1. The van der Waals surface area contributed by atoms with E-state index in [2.05, 4.69) is 4.72 Å². The zero-order chi connectivity index (χ0) is 11.3. The third-order valence-electron chi connectivity index (χ3n) is 2.65. The Hall–Kier alpha value is -0.170. The van der Waals surface area contributed by atoms with E-state index >= 15 is 0 Å². The van der Waals surface area contributed by atoms with E-state index in [0.717, 1.165) is 0 Å². The van der Waals surface area contributed by atoms with E-state index < -0.39 is 10.0 Å². The molecule has 0 radical (unpaired) electrons. The van der Waals surface area contributed by atoms with Crippen LogP contribution in [0.1, 0.15) is 26.2 Å². The molecule has 1 saturated heterocycles.